The van der Waals surface area contributed by atoms with E-state index >= 15 is 0 Å². The molecule has 0 aromatic carbocycles. The van der Waals surface area contributed by atoms with E-state index in [2.05, 4.69) is 68.5 Å². The van der Waals surface area contributed by atoms with Crippen molar-refractivity contribution in [1.82, 2.24) is 0 Å². The van der Waals surface area contributed by atoms with Crippen molar-refractivity contribution in [3.05, 3.63) is 60.8 Å². The zero-order valence-electron chi connectivity index (χ0n) is 33.6. The third-order valence-corrected chi connectivity index (χ3v) is 9.84. The number of phosphoric acid groups is 1. The first kappa shape index (κ1) is 49.7. The van der Waals surface area contributed by atoms with Gasteiger partial charge >= 0.3 is 19.8 Å². The summed E-state index contributed by atoms with van der Waals surface area (Å²) in [5.41, 5.74) is 5.34. The molecule has 4 unspecified atom stereocenters. The molecule has 11 heteroatoms. The third kappa shape index (κ3) is 32.0. The van der Waals surface area contributed by atoms with E-state index in [0.717, 1.165) is 64.2 Å². The van der Waals surface area contributed by atoms with E-state index < -0.39 is 32.5 Å². The summed E-state index contributed by atoms with van der Waals surface area (Å²) in [5, 5.41) is 0. The van der Waals surface area contributed by atoms with Crippen LogP contribution in [0, 0.1) is 0 Å². The summed E-state index contributed by atoms with van der Waals surface area (Å²) in [4.78, 5) is 34.8. The number of allylic oxidation sites excluding steroid dienone is 9. The lowest BCUT2D eigenvalue weighted by atomic mass is 10.1. The van der Waals surface area contributed by atoms with Crippen molar-refractivity contribution in [3.8, 4) is 0 Å². The number of phosphoric ester groups is 1. The second-order valence-electron chi connectivity index (χ2n) is 13.9. The molecule has 1 saturated heterocycles. The largest absolute Gasteiger partial charge is 0.472 e. The molecule has 10 nitrogen and oxygen atoms in total. The number of nitrogens with two attached hydrogens (primary N) is 1. The number of rotatable bonds is 37. The van der Waals surface area contributed by atoms with Gasteiger partial charge in [0.25, 0.3) is 0 Å². The third-order valence-electron chi connectivity index (χ3n) is 8.86. The van der Waals surface area contributed by atoms with Gasteiger partial charge in [-0.3, -0.25) is 18.6 Å². The molecule has 1 heterocycles. The Labute approximate surface area is 327 Å². The first-order valence-corrected chi connectivity index (χ1v) is 22.4. The number of carbonyl (C=O) groups is 2. The zero-order chi connectivity index (χ0) is 39.4. The van der Waals surface area contributed by atoms with Crippen molar-refractivity contribution < 1.29 is 42.3 Å². The predicted molar refractivity (Wildman–Crippen MR) is 219 cm³/mol. The van der Waals surface area contributed by atoms with Crippen LogP contribution in [0.3, 0.4) is 0 Å². The molecule has 3 N–H and O–H groups in total. The van der Waals surface area contributed by atoms with Crippen LogP contribution in [0.5, 0.6) is 0 Å². The van der Waals surface area contributed by atoms with Crippen molar-refractivity contribution >= 4 is 19.8 Å². The molecule has 0 aromatic rings. The van der Waals surface area contributed by atoms with Crippen LogP contribution in [0.4, 0.5) is 0 Å². The molecule has 0 spiro atoms. The molecule has 4 atom stereocenters. The van der Waals surface area contributed by atoms with E-state index in [1.165, 1.54) is 44.9 Å². The Hall–Kier alpha value is -2.33. The molecule has 1 fully saturated rings. The second kappa shape index (κ2) is 35.1. The van der Waals surface area contributed by atoms with Gasteiger partial charge in [-0.25, -0.2) is 4.57 Å². The molecule has 1 rings (SSSR count). The van der Waals surface area contributed by atoms with Crippen LogP contribution in [0.1, 0.15) is 155 Å². The molecule has 0 saturated carbocycles. The van der Waals surface area contributed by atoms with Crippen molar-refractivity contribution in [2.24, 2.45) is 5.73 Å². The smallest absolute Gasteiger partial charge is 0.462 e. The van der Waals surface area contributed by atoms with Gasteiger partial charge in [0.15, 0.2) is 6.10 Å². The minimum Gasteiger partial charge on any atom is -0.462 e. The molecule has 54 heavy (non-hydrogen) atoms. The summed E-state index contributed by atoms with van der Waals surface area (Å²) in [6.45, 7) is 3.53. The summed E-state index contributed by atoms with van der Waals surface area (Å²) in [7, 11) is -4.40. The average molecular weight is 780 g/mol. The van der Waals surface area contributed by atoms with Gasteiger partial charge in [-0.05, 0) is 77.0 Å². The van der Waals surface area contributed by atoms with Gasteiger partial charge in [-0.2, -0.15) is 0 Å². The van der Waals surface area contributed by atoms with Crippen molar-refractivity contribution in [1.29, 1.82) is 0 Å². The maximum Gasteiger partial charge on any atom is 0.472 e. The van der Waals surface area contributed by atoms with Gasteiger partial charge in [-0.1, -0.05) is 126 Å². The predicted octanol–water partition coefficient (Wildman–Crippen LogP) is 10.7. The van der Waals surface area contributed by atoms with Gasteiger partial charge in [0, 0.05) is 19.4 Å². The van der Waals surface area contributed by atoms with E-state index in [-0.39, 0.29) is 32.6 Å². The van der Waals surface area contributed by atoms with E-state index in [1.807, 2.05) is 6.08 Å². The highest BCUT2D eigenvalue weighted by Gasteiger charge is 2.35. The highest BCUT2D eigenvalue weighted by Crippen LogP contribution is 2.43. The Morgan fingerprint density at radius 2 is 1.20 bits per heavy atom. The minimum absolute atomic E-state index is 0.0390. The van der Waals surface area contributed by atoms with Crippen LogP contribution in [0.25, 0.3) is 0 Å². The fraction of sp³-hybridized carbons (Fsp3) is 0.721. The molecule has 0 aromatic heterocycles. The Morgan fingerprint density at radius 1 is 0.667 bits per heavy atom. The summed E-state index contributed by atoms with van der Waals surface area (Å²) in [6.07, 6.45) is 43.1. The minimum atomic E-state index is -4.40. The molecule has 0 bridgehead atoms. The highest BCUT2D eigenvalue weighted by atomic mass is 31.2. The normalized spacial score (nSPS) is 17.7. The average Bonchev–Trinajstić information content (AvgIpc) is 3.93. The van der Waals surface area contributed by atoms with Gasteiger partial charge in [0.2, 0.25) is 0 Å². The summed E-state index contributed by atoms with van der Waals surface area (Å²) in [5.74, 6) is -0.916. The number of esters is 2. The number of hydrogen-bond donors (Lipinski definition) is 2. The zero-order valence-corrected chi connectivity index (χ0v) is 34.5. The summed E-state index contributed by atoms with van der Waals surface area (Å²) < 4.78 is 38.2. The Morgan fingerprint density at radius 3 is 1.81 bits per heavy atom. The first-order valence-electron chi connectivity index (χ1n) is 20.9. The molecule has 0 radical (unpaired) electrons. The quantitative estimate of drug-likeness (QED) is 0.0205. The molecular formula is C43H74NO9P. The molecule has 0 amide bonds. The molecule has 1 aliphatic heterocycles. The van der Waals surface area contributed by atoms with E-state index in [4.69, 9.17) is 29.0 Å². The lowest BCUT2D eigenvalue weighted by Crippen LogP contribution is -2.29. The van der Waals surface area contributed by atoms with Crippen LogP contribution in [0.2, 0.25) is 0 Å². The summed E-state index contributed by atoms with van der Waals surface area (Å²) >= 11 is 0. The SMILES string of the molecule is CCCCCCCC/C=C\CCCCCCCC(=O)OCC(COP(=O)(O)OCCN)OC(=O)CCC/C=C\C/C=C\C/C=C\C/C=C\CC1OC1CC. The number of hydrogen-bond acceptors (Lipinski definition) is 9. The summed E-state index contributed by atoms with van der Waals surface area (Å²) in [6, 6.07) is 0. The van der Waals surface area contributed by atoms with E-state index in [9.17, 15) is 19.0 Å². The number of epoxide rings is 1. The van der Waals surface area contributed by atoms with Crippen molar-refractivity contribution in [2.45, 2.75) is 173 Å². The van der Waals surface area contributed by atoms with Crippen LogP contribution >= 0.6 is 7.82 Å². The number of unbranched alkanes of at least 4 members (excludes halogenated alkanes) is 12. The topological polar surface area (TPSA) is 147 Å². The Bertz CT molecular complexity index is 1140. The Kier molecular flexibility index (Phi) is 32.3. The molecule has 310 valence electrons. The fourth-order valence-corrected chi connectivity index (χ4v) is 6.38. The Balaban J connectivity index is 2.23. The molecular weight excluding hydrogens is 705 g/mol. The molecule has 1 aliphatic rings. The van der Waals surface area contributed by atoms with Gasteiger partial charge in [-0.15, -0.1) is 0 Å². The number of ether oxygens (including phenoxy) is 3. The van der Waals surface area contributed by atoms with Gasteiger partial charge in [0.05, 0.1) is 25.4 Å². The van der Waals surface area contributed by atoms with Gasteiger partial charge < -0.3 is 24.8 Å². The van der Waals surface area contributed by atoms with Gasteiger partial charge in [0.1, 0.15) is 6.61 Å². The van der Waals surface area contributed by atoms with Crippen molar-refractivity contribution in [2.75, 3.05) is 26.4 Å². The highest BCUT2D eigenvalue weighted by molar-refractivity contribution is 7.47. The fourth-order valence-electron chi connectivity index (χ4n) is 5.61. The second-order valence-corrected chi connectivity index (χ2v) is 15.3. The first-order chi connectivity index (χ1) is 26.3. The van der Waals surface area contributed by atoms with Crippen LogP contribution in [-0.4, -0.2) is 61.5 Å². The van der Waals surface area contributed by atoms with Crippen LogP contribution in [0.15, 0.2) is 60.8 Å². The monoisotopic (exact) mass is 780 g/mol. The van der Waals surface area contributed by atoms with E-state index in [0.29, 0.717) is 31.5 Å². The van der Waals surface area contributed by atoms with E-state index in [1.54, 1.807) is 0 Å². The number of carbonyl (C=O) groups excluding carboxylic acids is 2. The van der Waals surface area contributed by atoms with Crippen LogP contribution in [-0.2, 0) is 37.4 Å². The lowest BCUT2D eigenvalue weighted by Gasteiger charge is -2.19. The maximum absolute atomic E-state index is 12.5. The lowest BCUT2D eigenvalue weighted by molar-refractivity contribution is -0.161. The van der Waals surface area contributed by atoms with Crippen molar-refractivity contribution in [3.63, 3.8) is 0 Å². The molecule has 0 aliphatic carbocycles. The standard InChI is InChI=1S/C43H74NO9P/c1-3-5-6-7-8-9-10-11-12-15-18-21-24-27-30-33-42(45)49-37-39(38-51-54(47,48)50-36-35-44)52-43(46)34-31-28-25-22-19-16-13-14-17-20-23-26-29-32-41-40(4-2)53-41/h11-13,16-17,20,22,25-26,29,39-41H,3-10,14-15,18-19,21,23-24,27-28,30-38,44H2,1-2H3,(H,47,48)/b12-11-,16-13-,20-17-,25-22-,29-26-. The maximum atomic E-state index is 12.5. The van der Waals surface area contributed by atoms with Crippen LogP contribution < -0.4 is 5.73 Å².